The number of aromatic nitrogens is 1. The van der Waals surface area contributed by atoms with Gasteiger partial charge < -0.3 is 0 Å². The molecule has 3 aromatic rings. The number of rotatable bonds is 6. The summed E-state index contributed by atoms with van der Waals surface area (Å²) in [6.07, 6.45) is 2.24. The topological polar surface area (TPSA) is 3.88 Å². The number of hydrogen-bond donors (Lipinski definition) is 0. The Balaban J connectivity index is 2.30. The van der Waals surface area contributed by atoms with E-state index in [9.17, 15) is 0 Å². The lowest BCUT2D eigenvalue weighted by atomic mass is 9.94. The van der Waals surface area contributed by atoms with E-state index in [1.165, 1.54) is 33.2 Å². The van der Waals surface area contributed by atoms with Crippen LogP contribution >= 0.6 is 0 Å². The second-order valence-electron chi connectivity index (χ2n) is 10.7. The van der Waals surface area contributed by atoms with Crippen molar-refractivity contribution in [3.8, 4) is 11.3 Å². The largest absolute Gasteiger partial charge is 0.220 e. The number of aryl methyl sites for hydroxylation is 2. The summed E-state index contributed by atoms with van der Waals surface area (Å²) >= 11 is 0. The molecule has 0 unspecified atom stereocenters. The maximum Gasteiger partial charge on any atom is 0.220 e. The molecule has 3 rings (SSSR count). The number of nitrogens with zero attached hydrogens (tertiary/aromatic N) is 1. The average molecular weight is 433 g/mol. The molecule has 0 saturated heterocycles. The SMILES string of the molecule is Cc1ccc(C(C)C)cc1-c1c2ccc([Si](C(C)C)(C(C)C)C(C)C)cc2cc[n+]1C. The standard InChI is InChI=1S/C29H42NSi/c1-19(2)24-12-11-23(9)28(18-24)29-27-14-13-26(17-25(27)15-16-30(29)10)31(20(3)4,21(5)6)22(7)8/h11-22H,1-10H3/q+1. The van der Waals surface area contributed by atoms with Crippen molar-refractivity contribution in [3.63, 3.8) is 0 Å². The zero-order chi connectivity index (χ0) is 23.1. The van der Waals surface area contributed by atoms with Crippen LogP contribution < -0.4 is 9.75 Å². The van der Waals surface area contributed by atoms with Crippen molar-refractivity contribution < 1.29 is 4.57 Å². The monoisotopic (exact) mass is 432 g/mol. The van der Waals surface area contributed by atoms with Crippen molar-refractivity contribution >= 4 is 24.0 Å². The van der Waals surface area contributed by atoms with Gasteiger partial charge in [0.1, 0.15) is 7.05 Å². The first-order valence-corrected chi connectivity index (χ1v) is 14.3. The summed E-state index contributed by atoms with van der Waals surface area (Å²) in [5.41, 5.74) is 7.58. The van der Waals surface area contributed by atoms with E-state index in [0.717, 1.165) is 0 Å². The fourth-order valence-corrected chi connectivity index (χ4v) is 13.0. The first-order chi connectivity index (χ1) is 14.5. The van der Waals surface area contributed by atoms with Crippen LogP contribution in [0.1, 0.15) is 72.4 Å². The fourth-order valence-electron chi connectivity index (χ4n) is 6.23. The Morgan fingerprint density at radius 2 is 1.35 bits per heavy atom. The number of fused-ring (bicyclic) bond motifs is 1. The van der Waals surface area contributed by atoms with Gasteiger partial charge in [-0.05, 0) is 58.1 Å². The van der Waals surface area contributed by atoms with E-state index in [-0.39, 0.29) is 0 Å². The summed E-state index contributed by atoms with van der Waals surface area (Å²) in [6.45, 7) is 21.5. The third-order valence-corrected chi connectivity index (χ3v) is 14.7. The molecule has 166 valence electrons. The molecule has 1 heterocycles. The number of hydrogen-bond acceptors (Lipinski definition) is 0. The predicted octanol–water partition coefficient (Wildman–Crippen LogP) is 7.65. The zero-order valence-electron chi connectivity index (χ0n) is 21.4. The molecule has 31 heavy (non-hydrogen) atoms. The average Bonchev–Trinajstić information content (AvgIpc) is 2.68. The smallest absolute Gasteiger partial charge is 0.200 e. The molecule has 0 aliphatic rings. The molecule has 0 aliphatic heterocycles. The van der Waals surface area contributed by atoms with Crippen molar-refractivity contribution in [2.45, 2.75) is 84.9 Å². The highest BCUT2D eigenvalue weighted by molar-refractivity contribution is 6.95. The van der Waals surface area contributed by atoms with Crippen LogP contribution in [0.5, 0.6) is 0 Å². The molecule has 0 radical (unpaired) electrons. The third-order valence-electron chi connectivity index (χ3n) is 7.69. The van der Waals surface area contributed by atoms with Crippen LogP contribution in [0.2, 0.25) is 16.6 Å². The molecule has 0 bridgehead atoms. The van der Waals surface area contributed by atoms with E-state index in [0.29, 0.717) is 22.5 Å². The molecule has 2 aromatic carbocycles. The Hall–Kier alpha value is -1.93. The molecule has 2 heteroatoms. The fraction of sp³-hybridized carbons (Fsp3) is 0.483. The molecule has 0 atom stereocenters. The maximum absolute atomic E-state index is 2.53. The Morgan fingerprint density at radius 1 is 0.742 bits per heavy atom. The van der Waals surface area contributed by atoms with Crippen molar-refractivity contribution in [2.24, 2.45) is 7.05 Å². The molecule has 0 N–H and O–H groups in total. The van der Waals surface area contributed by atoms with Crippen LogP contribution in [0.3, 0.4) is 0 Å². The summed E-state index contributed by atoms with van der Waals surface area (Å²) < 4.78 is 2.30. The Labute approximate surface area is 191 Å². The number of benzene rings is 2. The van der Waals surface area contributed by atoms with Gasteiger partial charge in [-0.15, -0.1) is 0 Å². The quantitative estimate of drug-likeness (QED) is 0.278. The molecule has 1 nitrogen and oxygen atoms in total. The molecule has 0 aliphatic carbocycles. The Morgan fingerprint density at radius 3 is 1.90 bits per heavy atom. The second kappa shape index (κ2) is 8.90. The summed E-state index contributed by atoms with van der Waals surface area (Å²) in [4.78, 5) is 0. The van der Waals surface area contributed by atoms with Gasteiger partial charge in [-0.1, -0.05) is 84.8 Å². The van der Waals surface area contributed by atoms with E-state index in [4.69, 9.17) is 0 Å². The highest BCUT2D eigenvalue weighted by Gasteiger charge is 2.44. The lowest BCUT2D eigenvalue weighted by molar-refractivity contribution is -0.659. The lowest BCUT2D eigenvalue weighted by Gasteiger charge is -2.43. The molecule has 0 amide bonds. The lowest BCUT2D eigenvalue weighted by Crippen LogP contribution is -2.55. The van der Waals surface area contributed by atoms with E-state index in [1.807, 2.05) is 0 Å². The molecule has 0 saturated carbocycles. The highest BCUT2D eigenvalue weighted by atomic mass is 28.3. The van der Waals surface area contributed by atoms with Gasteiger partial charge in [0.15, 0.2) is 6.20 Å². The van der Waals surface area contributed by atoms with E-state index in [2.05, 4.69) is 123 Å². The highest BCUT2D eigenvalue weighted by Crippen LogP contribution is 2.41. The second-order valence-corrected chi connectivity index (χ2v) is 16.6. The van der Waals surface area contributed by atoms with Gasteiger partial charge >= 0.3 is 0 Å². The van der Waals surface area contributed by atoms with Crippen LogP contribution in [0.4, 0.5) is 0 Å². The Kier molecular flexibility index (Phi) is 6.81. The van der Waals surface area contributed by atoms with E-state index in [1.54, 1.807) is 5.19 Å². The minimum atomic E-state index is -1.67. The maximum atomic E-state index is 2.53. The van der Waals surface area contributed by atoms with E-state index >= 15 is 0 Å². The van der Waals surface area contributed by atoms with Gasteiger partial charge in [-0.3, -0.25) is 0 Å². The van der Waals surface area contributed by atoms with Crippen LogP contribution in [-0.4, -0.2) is 8.07 Å². The normalized spacial score (nSPS) is 12.7. The molecular weight excluding hydrogens is 390 g/mol. The predicted molar refractivity (Wildman–Crippen MR) is 140 cm³/mol. The number of pyridine rings is 1. The van der Waals surface area contributed by atoms with E-state index < -0.39 is 8.07 Å². The van der Waals surface area contributed by atoms with Crippen LogP contribution in [-0.2, 0) is 7.05 Å². The summed E-state index contributed by atoms with van der Waals surface area (Å²) in [5, 5.41) is 4.35. The minimum Gasteiger partial charge on any atom is -0.200 e. The van der Waals surface area contributed by atoms with Gasteiger partial charge in [0.25, 0.3) is 0 Å². The van der Waals surface area contributed by atoms with Crippen molar-refractivity contribution in [2.75, 3.05) is 0 Å². The van der Waals surface area contributed by atoms with Gasteiger partial charge in [0, 0.05) is 11.6 Å². The summed E-state index contributed by atoms with van der Waals surface area (Å²) in [7, 11) is 0.507. The van der Waals surface area contributed by atoms with Gasteiger partial charge in [-0.25, -0.2) is 4.57 Å². The van der Waals surface area contributed by atoms with Gasteiger partial charge in [-0.2, -0.15) is 0 Å². The molecule has 0 spiro atoms. The van der Waals surface area contributed by atoms with Crippen LogP contribution in [0, 0.1) is 6.92 Å². The minimum absolute atomic E-state index is 0.529. The van der Waals surface area contributed by atoms with Crippen molar-refractivity contribution in [3.05, 3.63) is 59.8 Å². The molecule has 1 aromatic heterocycles. The van der Waals surface area contributed by atoms with Gasteiger partial charge in [0.2, 0.25) is 5.69 Å². The van der Waals surface area contributed by atoms with Crippen molar-refractivity contribution in [1.82, 2.24) is 0 Å². The first kappa shape index (κ1) is 23.7. The first-order valence-electron chi connectivity index (χ1n) is 12.1. The van der Waals surface area contributed by atoms with Crippen molar-refractivity contribution in [1.29, 1.82) is 0 Å². The Bertz CT molecular complexity index is 1050. The van der Waals surface area contributed by atoms with Crippen LogP contribution in [0.15, 0.2) is 48.7 Å². The van der Waals surface area contributed by atoms with Gasteiger partial charge in [0.05, 0.1) is 13.5 Å². The molecular formula is C29H42NSi+. The summed E-state index contributed by atoms with van der Waals surface area (Å²) in [5.74, 6) is 0.529. The third kappa shape index (κ3) is 4.00. The molecule has 0 fully saturated rings. The van der Waals surface area contributed by atoms with Crippen LogP contribution in [0.25, 0.3) is 22.0 Å². The summed E-state index contributed by atoms with van der Waals surface area (Å²) in [6, 6.07) is 16.7. The zero-order valence-corrected chi connectivity index (χ0v) is 22.4.